The molecule has 0 saturated heterocycles. The highest BCUT2D eigenvalue weighted by molar-refractivity contribution is 6.36. The smallest absolute Gasteiger partial charge is 0.234 e. The van der Waals surface area contributed by atoms with Gasteiger partial charge in [0.05, 0.1) is 22.5 Å². The summed E-state index contributed by atoms with van der Waals surface area (Å²) in [6, 6.07) is 10.5. The van der Waals surface area contributed by atoms with Crippen LogP contribution >= 0.6 is 23.2 Å². The molecule has 2 heterocycles. The van der Waals surface area contributed by atoms with Gasteiger partial charge in [0, 0.05) is 35.9 Å². The van der Waals surface area contributed by atoms with Gasteiger partial charge < -0.3 is 4.57 Å². The monoisotopic (exact) mass is 446 g/mol. The number of amides is 1. The van der Waals surface area contributed by atoms with Crippen molar-refractivity contribution >= 4 is 29.6 Å². The normalized spacial score (nSPS) is 12.6. The van der Waals surface area contributed by atoms with Gasteiger partial charge in [-0.15, -0.1) is 0 Å². The molecule has 2 aromatic heterocycles. The van der Waals surface area contributed by atoms with Crippen molar-refractivity contribution in [3.8, 4) is 11.3 Å². The zero-order valence-electron chi connectivity index (χ0n) is 17.3. The summed E-state index contributed by atoms with van der Waals surface area (Å²) < 4.78 is 1.91. The van der Waals surface area contributed by atoms with Crippen molar-refractivity contribution in [3.63, 3.8) is 0 Å². The molecule has 0 N–H and O–H groups in total. The highest BCUT2D eigenvalue weighted by Gasteiger charge is 2.30. The van der Waals surface area contributed by atoms with Crippen LogP contribution in [0.25, 0.3) is 11.3 Å². The van der Waals surface area contributed by atoms with Crippen LogP contribution in [0.5, 0.6) is 0 Å². The van der Waals surface area contributed by atoms with Gasteiger partial charge in [-0.2, -0.15) is 0 Å². The lowest BCUT2D eigenvalue weighted by atomic mass is 10.1. The van der Waals surface area contributed by atoms with E-state index in [4.69, 9.17) is 28.0 Å². The molecule has 1 aromatic carbocycles. The standard InChI is InChI=1S/C22H24Cl2N4O2/c1-22(2,3)30-28(14-29)19(12-16-7-5-6-10-25-16)21-26-13-20(27(21)4)17-9-8-15(23)11-18(17)24/h5-11,13-14,19H,12H2,1-4H3/t19-/m0/s1. The summed E-state index contributed by atoms with van der Waals surface area (Å²) in [7, 11) is 1.88. The Balaban J connectivity index is 2.05. The minimum atomic E-state index is -0.559. The van der Waals surface area contributed by atoms with E-state index in [1.54, 1.807) is 24.5 Å². The highest BCUT2D eigenvalue weighted by atomic mass is 35.5. The minimum absolute atomic E-state index is 0.439. The highest BCUT2D eigenvalue weighted by Crippen LogP contribution is 2.33. The van der Waals surface area contributed by atoms with E-state index in [0.717, 1.165) is 17.0 Å². The third-order valence-electron chi connectivity index (χ3n) is 4.45. The molecule has 0 unspecified atom stereocenters. The van der Waals surface area contributed by atoms with Crippen molar-refractivity contribution in [3.05, 3.63) is 70.4 Å². The Morgan fingerprint density at radius 2 is 1.97 bits per heavy atom. The molecule has 3 rings (SSSR count). The fourth-order valence-electron chi connectivity index (χ4n) is 3.17. The number of benzene rings is 1. The van der Waals surface area contributed by atoms with Crippen molar-refractivity contribution in [1.82, 2.24) is 19.6 Å². The third kappa shape index (κ3) is 5.19. The molecule has 0 radical (unpaired) electrons. The van der Waals surface area contributed by atoms with E-state index < -0.39 is 11.6 Å². The number of hydroxylamine groups is 2. The zero-order chi connectivity index (χ0) is 21.9. The molecule has 0 saturated carbocycles. The van der Waals surface area contributed by atoms with E-state index in [9.17, 15) is 4.79 Å². The number of carbonyl (C=O) groups is 1. The molecular formula is C22H24Cl2N4O2. The Bertz CT molecular complexity index is 1020. The first-order valence-electron chi connectivity index (χ1n) is 9.49. The Morgan fingerprint density at radius 1 is 1.20 bits per heavy atom. The van der Waals surface area contributed by atoms with E-state index in [0.29, 0.717) is 28.7 Å². The van der Waals surface area contributed by atoms with Crippen molar-refractivity contribution in [1.29, 1.82) is 0 Å². The number of hydrogen-bond donors (Lipinski definition) is 0. The quantitative estimate of drug-likeness (QED) is 0.366. The predicted molar refractivity (Wildman–Crippen MR) is 118 cm³/mol. The van der Waals surface area contributed by atoms with Crippen LogP contribution < -0.4 is 0 Å². The summed E-state index contributed by atoms with van der Waals surface area (Å²) in [5, 5.41) is 2.39. The van der Waals surface area contributed by atoms with Gasteiger partial charge in [0.2, 0.25) is 6.41 Å². The molecular weight excluding hydrogens is 423 g/mol. The summed E-state index contributed by atoms with van der Waals surface area (Å²) in [5.74, 6) is 0.651. The first-order chi connectivity index (χ1) is 14.2. The van der Waals surface area contributed by atoms with Crippen LogP contribution in [0.2, 0.25) is 10.0 Å². The Labute approximate surface area is 186 Å². The zero-order valence-corrected chi connectivity index (χ0v) is 18.9. The van der Waals surface area contributed by atoms with Crippen LogP contribution in [-0.4, -0.2) is 31.6 Å². The Hall–Kier alpha value is -2.41. The van der Waals surface area contributed by atoms with Gasteiger partial charge in [-0.3, -0.25) is 14.6 Å². The van der Waals surface area contributed by atoms with Crippen LogP contribution in [0, 0.1) is 0 Å². The number of hydrogen-bond acceptors (Lipinski definition) is 4. The molecule has 1 amide bonds. The second kappa shape index (κ2) is 9.16. The molecule has 158 valence electrons. The number of rotatable bonds is 7. The maximum absolute atomic E-state index is 12.0. The van der Waals surface area contributed by atoms with Crippen molar-refractivity contribution in [2.24, 2.45) is 7.05 Å². The average Bonchev–Trinajstić information content (AvgIpc) is 3.05. The van der Waals surface area contributed by atoms with Crippen molar-refractivity contribution in [2.45, 2.75) is 38.8 Å². The van der Waals surface area contributed by atoms with Gasteiger partial charge in [-0.05, 0) is 51.1 Å². The lowest BCUT2D eigenvalue weighted by Crippen LogP contribution is -2.38. The van der Waals surface area contributed by atoms with E-state index in [1.165, 1.54) is 5.06 Å². The summed E-state index contributed by atoms with van der Waals surface area (Å²) in [5.41, 5.74) is 1.87. The molecule has 6 nitrogen and oxygen atoms in total. The third-order valence-corrected chi connectivity index (χ3v) is 5.00. The van der Waals surface area contributed by atoms with Crippen LogP contribution in [-0.2, 0) is 23.1 Å². The topological polar surface area (TPSA) is 60.2 Å². The minimum Gasteiger partial charge on any atom is -0.329 e. The number of carbonyl (C=O) groups excluding carboxylic acids is 1. The van der Waals surface area contributed by atoms with E-state index in [2.05, 4.69) is 9.97 Å². The second-order valence-corrected chi connectivity index (χ2v) is 8.74. The Morgan fingerprint density at radius 3 is 2.57 bits per heavy atom. The summed E-state index contributed by atoms with van der Waals surface area (Å²) in [6.07, 6.45) is 4.58. The van der Waals surface area contributed by atoms with Gasteiger partial charge in [0.25, 0.3) is 0 Å². The number of pyridine rings is 1. The summed E-state index contributed by atoms with van der Waals surface area (Å²) in [6.45, 7) is 5.66. The van der Waals surface area contributed by atoms with Crippen molar-refractivity contribution < 1.29 is 9.63 Å². The molecule has 3 aromatic rings. The van der Waals surface area contributed by atoms with Gasteiger partial charge in [-0.1, -0.05) is 29.3 Å². The SMILES string of the molecule is Cn1c(-c2ccc(Cl)cc2Cl)cnc1[C@H](Cc1ccccn1)N(C=O)OC(C)(C)C. The fourth-order valence-corrected chi connectivity index (χ4v) is 3.67. The van der Waals surface area contributed by atoms with E-state index in [-0.39, 0.29) is 0 Å². The molecule has 0 spiro atoms. The fraction of sp³-hybridized carbons (Fsp3) is 0.318. The average molecular weight is 447 g/mol. The van der Waals surface area contributed by atoms with E-state index >= 15 is 0 Å². The lowest BCUT2D eigenvalue weighted by molar-refractivity contribution is -0.235. The molecule has 0 aliphatic heterocycles. The van der Waals surface area contributed by atoms with Crippen molar-refractivity contribution in [2.75, 3.05) is 0 Å². The second-order valence-electron chi connectivity index (χ2n) is 7.89. The van der Waals surface area contributed by atoms with Crippen LogP contribution in [0.4, 0.5) is 0 Å². The van der Waals surface area contributed by atoms with Gasteiger partial charge >= 0.3 is 0 Å². The van der Waals surface area contributed by atoms with Gasteiger partial charge in [0.15, 0.2) is 0 Å². The lowest BCUT2D eigenvalue weighted by Gasteiger charge is -2.32. The maximum atomic E-state index is 12.0. The number of nitrogens with zero attached hydrogens (tertiary/aromatic N) is 4. The summed E-state index contributed by atoms with van der Waals surface area (Å²) in [4.78, 5) is 26.9. The Kier molecular flexibility index (Phi) is 6.81. The first kappa shape index (κ1) is 22.3. The maximum Gasteiger partial charge on any atom is 0.234 e. The molecule has 0 aliphatic carbocycles. The number of imidazole rings is 1. The summed E-state index contributed by atoms with van der Waals surface area (Å²) >= 11 is 12.4. The largest absolute Gasteiger partial charge is 0.329 e. The van der Waals surface area contributed by atoms with Crippen LogP contribution in [0.15, 0.2) is 48.8 Å². The molecule has 0 bridgehead atoms. The number of aromatic nitrogens is 3. The first-order valence-corrected chi connectivity index (χ1v) is 10.2. The molecule has 0 aliphatic rings. The van der Waals surface area contributed by atoms with Crippen LogP contribution in [0.3, 0.4) is 0 Å². The van der Waals surface area contributed by atoms with Gasteiger partial charge in [-0.25, -0.2) is 10.0 Å². The van der Waals surface area contributed by atoms with Crippen LogP contribution in [0.1, 0.15) is 38.3 Å². The van der Waals surface area contributed by atoms with E-state index in [1.807, 2.05) is 56.7 Å². The predicted octanol–water partition coefficient (Wildman–Crippen LogP) is 5.26. The van der Waals surface area contributed by atoms with Gasteiger partial charge in [0.1, 0.15) is 11.9 Å². The molecule has 0 fully saturated rings. The number of halogens is 2. The molecule has 8 heteroatoms. The molecule has 30 heavy (non-hydrogen) atoms. The molecule has 1 atom stereocenters.